The number of aryl methyl sites for hydroxylation is 1. The maximum Gasteiger partial charge on any atom is 0.131 e. The van der Waals surface area contributed by atoms with Crippen molar-refractivity contribution in [3.05, 3.63) is 11.9 Å². The minimum Gasteiger partial charge on any atom is -0.373 e. The lowest BCUT2D eigenvalue weighted by molar-refractivity contribution is 0.376. The van der Waals surface area contributed by atoms with Gasteiger partial charge in [-0.05, 0) is 18.8 Å². The third-order valence-electron chi connectivity index (χ3n) is 2.80. The van der Waals surface area contributed by atoms with Gasteiger partial charge in [0.15, 0.2) is 0 Å². The Balaban J connectivity index is 2.70. The first-order chi connectivity index (χ1) is 7.46. The number of nitrogens with zero attached hydrogens (tertiary/aromatic N) is 2. The summed E-state index contributed by atoms with van der Waals surface area (Å²) in [7, 11) is 1.86. The number of hydrogen-bond donors (Lipinski definition) is 2. The molecule has 1 aromatic heterocycles. The summed E-state index contributed by atoms with van der Waals surface area (Å²) in [6, 6.07) is 1.93. The Kier molecular flexibility index (Phi) is 4.10. The summed E-state index contributed by atoms with van der Waals surface area (Å²) in [6.45, 7) is 9.51. The molecule has 0 bridgehead atoms. The molecule has 0 fully saturated rings. The maximum atomic E-state index is 4.36. The first-order valence-electron chi connectivity index (χ1n) is 5.74. The topological polar surface area (TPSA) is 49.8 Å². The molecule has 0 amide bonds. The highest BCUT2D eigenvalue weighted by Gasteiger charge is 2.14. The monoisotopic (exact) mass is 222 g/mol. The Morgan fingerprint density at radius 1 is 1.25 bits per heavy atom. The van der Waals surface area contributed by atoms with Gasteiger partial charge in [0, 0.05) is 19.7 Å². The van der Waals surface area contributed by atoms with E-state index >= 15 is 0 Å². The zero-order valence-electron chi connectivity index (χ0n) is 10.9. The van der Waals surface area contributed by atoms with Crippen LogP contribution in [0.2, 0.25) is 0 Å². The van der Waals surface area contributed by atoms with E-state index < -0.39 is 0 Å². The SMILES string of the molecule is CCC(C)(C)CNc1cc(NC)nc(C)n1. The zero-order chi connectivity index (χ0) is 12.2. The second kappa shape index (κ2) is 5.14. The van der Waals surface area contributed by atoms with Crippen molar-refractivity contribution in [1.82, 2.24) is 9.97 Å². The number of hydrogen-bond acceptors (Lipinski definition) is 4. The molecule has 16 heavy (non-hydrogen) atoms. The van der Waals surface area contributed by atoms with Crippen molar-refractivity contribution in [2.75, 3.05) is 24.2 Å². The van der Waals surface area contributed by atoms with Crippen molar-refractivity contribution in [2.45, 2.75) is 34.1 Å². The smallest absolute Gasteiger partial charge is 0.131 e. The van der Waals surface area contributed by atoms with Crippen LogP contribution >= 0.6 is 0 Å². The second-order valence-corrected chi connectivity index (χ2v) is 4.81. The third kappa shape index (κ3) is 3.68. The van der Waals surface area contributed by atoms with E-state index in [1.165, 1.54) is 0 Å². The highest BCUT2D eigenvalue weighted by molar-refractivity contribution is 5.47. The number of nitrogens with one attached hydrogen (secondary N) is 2. The molecular formula is C12H22N4. The predicted octanol–water partition coefficient (Wildman–Crippen LogP) is 2.67. The first-order valence-corrected chi connectivity index (χ1v) is 5.74. The molecule has 0 unspecified atom stereocenters. The van der Waals surface area contributed by atoms with E-state index in [9.17, 15) is 0 Å². The summed E-state index contributed by atoms with van der Waals surface area (Å²) >= 11 is 0. The molecule has 1 heterocycles. The van der Waals surface area contributed by atoms with Crippen molar-refractivity contribution in [2.24, 2.45) is 5.41 Å². The number of anilines is 2. The standard InChI is InChI=1S/C12H22N4/c1-6-12(3,4)8-14-11-7-10(13-5)15-9(2)16-11/h7H,6,8H2,1-5H3,(H2,13,14,15,16). The van der Waals surface area contributed by atoms with Gasteiger partial charge in [0.25, 0.3) is 0 Å². The Morgan fingerprint density at radius 3 is 2.44 bits per heavy atom. The van der Waals surface area contributed by atoms with Gasteiger partial charge in [-0.2, -0.15) is 0 Å². The van der Waals surface area contributed by atoms with Crippen molar-refractivity contribution in [1.29, 1.82) is 0 Å². The normalized spacial score (nSPS) is 11.3. The van der Waals surface area contributed by atoms with Crippen LogP contribution in [0, 0.1) is 12.3 Å². The fraction of sp³-hybridized carbons (Fsp3) is 0.667. The van der Waals surface area contributed by atoms with Crippen LogP contribution < -0.4 is 10.6 Å². The van der Waals surface area contributed by atoms with Crippen molar-refractivity contribution in [3.8, 4) is 0 Å². The fourth-order valence-electron chi connectivity index (χ4n) is 1.24. The lowest BCUT2D eigenvalue weighted by atomic mass is 9.90. The highest BCUT2D eigenvalue weighted by atomic mass is 15.1. The van der Waals surface area contributed by atoms with E-state index in [1.54, 1.807) is 0 Å². The molecule has 0 atom stereocenters. The van der Waals surface area contributed by atoms with Crippen LogP contribution in [-0.4, -0.2) is 23.6 Å². The molecule has 1 aromatic rings. The molecule has 4 heteroatoms. The van der Waals surface area contributed by atoms with Crippen LogP contribution in [0.1, 0.15) is 33.0 Å². The van der Waals surface area contributed by atoms with Gasteiger partial charge < -0.3 is 10.6 Å². The summed E-state index contributed by atoms with van der Waals surface area (Å²) in [5, 5.41) is 6.39. The molecule has 0 aromatic carbocycles. The minimum absolute atomic E-state index is 0.290. The van der Waals surface area contributed by atoms with Crippen LogP contribution in [-0.2, 0) is 0 Å². The summed E-state index contributed by atoms with van der Waals surface area (Å²) in [5.41, 5.74) is 0.290. The molecule has 0 aliphatic heterocycles. The van der Waals surface area contributed by atoms with E-state index in [4.69, 9.17) is 0 Å². The molecule has 0 saturated carbocycles. The Bertz CT molecular complexity index is 347. The van der Waals surface area contributed by atoms with Gasteiger partial charge in [0.05, 0.1) is 0 Å². The highest BCUT2D eigenvalue weighted by Crippen LogP contribution is 2.20. The molecule has 1 rings (SSSR count). The van der Waals surface area contributed by atoms with Crippen LogP contribution in [0.3, 0.4) is 0 Å². The Hall–Kier alpha value is -1.32. The molecule has 0 spiro atoms. The summed E-state index contributed by atoms with van der Waals surface area (Å²) in [5.74, 6) is 2.52. The van der Waals surface area contributed by atoms with Crippen molar-refractivity contribution >= 4 is 11.6 Å². The van der Waals surface area contributed by atoms with Crippen LogP contribution in [0.5, 0.6) is 0 Å². The van der Waals surface area contributed by atoms with E-state index in [0.717, 1.165) is 30.4 Å². The van der Waals surface area contributed by atoms with E-state index in [-0.39, 0.29) is 0 Å². The van der Waals surface area contributed by atoms with E-state index in [1.807, 2.05) is 20.0 Å². The summed E-state index contributed by atoms with van der Waals surface area (Å²) < 4.78 is 0. The molecule has 0 saturated heterocycles. The van der Waals surface area contributed by atoms with Gasteiger partial charge in [-0.3, -0.25) is 0 Å². The quantitative estimate of drug-likeness (QED) is 0.804. The first kappa shape index (κ1) is 12.7. The van der Waals surface area contributed by atoms with Gasteiger partial charge in [0.1, 0.15) is 17.5 Å². The van der Waals surface area contributed by atoms with E-state index in [2.05, 4.69) is 41.4 Å². The molecule has 4 nitrogen and oxygen atoms in total. The maximum absolute atomic E-state index is 4.36. The Labute approximate surface area is 97.9 Å². The molecule has 0 aliphatic rings. The lowest BCUT2D eigenvalue weighted by Gasteiger charge is -2.23. The molecule has 2 N–H and O–H groups in total. The average molecular weight is 222 g/mol. The van der Waals surface area contributed by atoms with E-state index in [0.29, 0.717) is 5.41 Å². The van der Waals surface area contributed by atoms with Gasteiger partial charge in [-0.1, -0.05) is 20.8 Å². The largest absolute Gasteiger partial charge is 0.373 e. The van der Waals surface area contributed by atoms with Crippen molar-refractivity contribution in [3.63, 3.8) is 0 Å². The Morgan fingerprint density at radius 2 is 1.88 bits per heavy atom. The van der Waals surface area contributed by atoms with Gasteiger partial charge in [-0.15, -0.1) is 0 Å². The minimum atomic E-state index is 0.290. The van der Waals surface area contributed by atoms with Gasteiger partial charge in [0.2, 0.25) is 0 Å². The lowest BCUT2D eigenvalue weighted by Crippen LogP contribution is -2.22. The zero-order valence-corrected chi connectivity index (χ0v) is 10.9. The second-order valence-electron chi connectivity index (χ2n) is 4.81. The third-order valence-corrected chi connectivity index (χ3v) is 2.80. The predicted molar refractivity (Wildman–Crippen MR) is 68.9 cm³/mol. The summed E-state index contributed by atoms with van der Waals surface area (Å²) in [4.78, 5) is 8.61. The van der Waals surface area contributed by atoms with Gasteiger partial charge >= 0.3 is 0 Å². The van der Waals surface area contributed by atoms with Gasteiger partial charge in [-0.25, -0.2) is 9.97 Å². The molecule has 90 valence electrons. The van der Waals surface area contributed by atoms with Crippen LogP contribution in [0.25, 0.3) is 0 Å². The molecular weight excluding hydrogens is 200 g/mol. The molecule has 0 aliphatic carbocycles. The fourth-order valence-corrected chi connectivity index (χ4v) is 1.24. The van der Waals surface area contributed by atoms with Crippen LogP contribution in [0.4, 0.5) is 11.6 Å². The average Bonchev–Trinajstić information content (AvgIpc) is 2.26. The number of rotatable bonds is 5. The van der Waals surface area contributed by atoms with Crippen molar-refractivity contribution < 1.29 is 0 Å². The number of aromatic nitrogens is 2. The molecule has 0 radical (unpaired) electrons. The van der Waals surface area contributed by atoms with Crippen LogP contribution in [0.15, 0.2) is 6.07 Å². The summed E-state index contributed by atoms with van der Waals surface area (Å²) in [6.07, 6.45) is 1.14.